The minimum Gasteiger partial charge on any atom is -0.466 e. The summed E-state index contributed by atoms with van der Waals surface area (Å²) in [7, 11) is 0. The molecular formula is C13H23NO. The Labute approximate surface area is 93.1 Å². The van der Waals surface area contributed by atoms with Gasteiger partial charge in [-0.25, -0.2) is 0 Å². The number of hydrogen-bond acceptors (Lipinski definition) is 2. The quantitative estimate of drug-likeness (QED) is 0.728. The van der Waals surface area contributed by atoms with Gasteiger partial charge in [0.2, 0.25) is 0 Å². The van der Waals surface area contributed by atoms with Crippen LogP contribution < -0.4 is 5.32 Å². The largest absolute Gasteiger partial charge is 0.466 e. The summed E-state index contributed by atoms with van der Waals surface area (Å²) in [4.78, 5) is 0. The summed E-state index contributed by atoms with van der Waals surface area (Å²) < 4.78 is 5.80. The molecule has 1 aromatic rings. The summed E-state index contributed by atoms with van der Waals surface area (Å²) in [6.45, 7) is 10.8. The van der Waals surface area contributed by atoms with Gasteiger partial charge in [0.15, 0.2) is 0 Å². The lowest BCUT2D eigenvalue weighted by molar-refractivity contribution is 0.346. The van der Waals surface area contributed by atoms with Crippen LogP contribution in [0.25, 0.3) is 0 Å². The summed E-state index contributed by atoms with van der Waals surface area (Å²) in [6, 6.07) is 4.20. The first-order chi connectivity index (χ1) is 7.10. The zero-order chi connectivity index (χ0) is 11.3. The molecule has 0 aliphatic carbocycles. The van der Waals surface area contributed by atoms with Crippen molar-refractivity contribution >= 4 is 0 Å². The molecule has 2 nitrogen and oxygen atoms in total. The molecule has 0 bridgehead atoms. The first-order valence-corrected chi connectivity index (χ1v) is 5.90. The highest BCUT2D eigenvalue weighted by atomic mass is 16.3. The van der Waals surface area contributed by atoms with E-state index in [1.54, 1.807) is 0 Å². The third kappa shape index (κ3) is 3.38. The van der Waals surface area contributed by atoms with Crippen molar-refractivity contribution in [1.29, 1.82) is 0 Å². The third-order valence-corrected chi connectivity index (χ3v) is 2.85. The predicted octanol–water partition coefficient (Wildman–Crippen LogP) is 3.12. The monoisotopic (exact) mass is 209 g/mol. The average Bonchev–Trinajstić information content (AvgIpc) is 2.66. The minimum atomic E-state index is 0.135. The van der Waals surface area contributed by atoms with E-state index in [2.05, 4.69) is 45.1 Å². The van der Waals surface area contributed by atoms with Gasteiger partial charge in [0, 0.05) is 11.8 Å². The molecule has 86 valence electrons. The average molecular weight is 209 g/mol. The van der Waals surface area contributed by atoms with Crippen molar-refractivity contribution in [1.82, 2.24) is 5.32 Å². The number of furan rings is 1. The SMILES string of the molecule is CCNCCC(C)(C)c1ccc(CC)o1. The van der Waals surface area contributed by atoms with Gasteiger partial charge in [-0.05, 0) is 31.6 Å². The predicted molar refractivity (Wildman–Crippen MR) is 64.3 cm³/mol. The summed E-state index contributed by atoms with van der Waals surface area (Å²) >= 11 is 0. The van der Waals surface area contributed by atoms with Crippen LogP contribution in [-0.2, 0) is 11.8 Å². The van der Waals surface area contributed by atoms with E-state index < -0.39 is 0 Å². The second-order valence-corrected chi connectivity index (χ2v) is 4.61. The highest BCUT2D eigenvalue weighted by Crippen LogP contribution is 2.28. The van der Waals surface area contributed by atoms with E-state index in [1.807, 2.05) is 0 Å². The van der Waals surface area contributed by atoms with Gasteiger partial charge < -0.3 is 9.73 Å². The van der Waals surface area contributed by atoms with E-state index >= 15 is 0 Å². The van der Waals surface area contributed by atoms with Crippen molar-refractivity contribution in [3.05, 3.63) is 23.7 Å². The number of hydrogen-bond donors (Lipinski definition) is 1. The first-order valence-electron chi connectivity index (χ1n) is 5.90. The fraction of sp³-hybridized carbons (Fsp3) is 0.692. The first kappa shape index (κ1) is 12.3. The van der Waals surface area contributed by atoms with Gasteiger partial charge in [0.1, 0.15) is 11.5 Å². The minimum absolute atomic E-state index is 0.135. The Morgan fingerprint density at radius 2 is 2.00 bits per heavy atom. The molecule has 0 radical (unpaired) electrons. The van der Waals surface area contributed by atoms with Gasteiger partial charge in [0.25, 0.3) is 0 Å². The van der Waals surface area contributed by atoms with Crippen LogP contribution in [0.4, 0.5) is 0 Å². The molecule has 0 aliphatic heterocycles. The van der Waals surface area contributed by atoms with Crippen molar-refractivity contribution < 1.29 is 4.42 Å². The third-order valence-electron chi connectivity index (χ3n) is 2.85. The van der Waals surface area contributed by atoms with Crippen LogP contribution >= 0.6 is 0 Å². The Bertz CT molecular complexity index is 288. The second kappa shape index (κ2) is 5.36. The standard InChI is InChI=1S/C13H23NO/c1-5-11-7-8-12(15-11)13(3,4)9-10-14-6-2/h7-8,14H,5-6,9-10H2,1-4H3. The molecule has 1 aromatic heterocycles. The Hall–Kier alpha value is -0.760. The lowest BCUT2D eigenvalue weighted by atomic mass is 9.86. The van der Waals surface area contributed by atoms with Crippen LogP contribution in [0.1, 0.15) is 45.6 Å². The lowest BCUT2D eigenvalue weighted by Gasteiger charge is -2.22. The Morgan fingerprint density at radius 1 is 1.27 bits per heavy atom. The zero-order valence-electron chi connectivity index (χ0n) is 10.4. The molecule has 0 saturated heterocycles. The van der Waals surface area contributed by atoms with E-state index in [4.69, 9.17) is 4.42 Å². The van der Waals surface area contributed by atoms with E-state index in [9.17, 15) is 0 Å². The molecule has 0 aliphatic rings. The van der Waals surface area contributed by atoms with Crippen LogP contribution in [-0.4, -0.2) is 13.1 Å². The van der Waals surface area contributed by atoms with Gasteiger partial charge >= 0.3 is 0 Å². The van der Waals surface area contributed by atoms with Gasteiger partial charge in [-0.3, -0.25) is 0 Å². The van der Waals surface area contributed by atoms with Crippen molar-refractivity contribution in [2.75, 3.05) is 13.1 Å². The molecule has 15 heavy (non-hydrogen) atoms. The highest BCUT2D eigenvalue weighted by Gasteiger charge is 2.23. The highest BCUT2D eigenvalue weighted by molar-refractivity contribution is 5.15. The van der Waals surface area contributed by atoms with Crippen LogP contribution in [0.5, 0.6) is 0 Å². The molecule has 1 heterocycles. The van der Waals surface area contributed by atoms with Gasteiger partial charge in [-0.15, -0.1) is 0 Å². The van der Waals surface area contributed by atoms with Crippen LogP contribution in [0, 0.1) is 0 Å². The Balaban J connectivity index is 2.59. The van der Waals surface area contributed by atoms with Crippen molar-refractivity contribution in [2.24, 2.45) is 0 Å². The fourth-order valence-corrected chi connectivity index (χ4v) is 1.63. The molecule has 0 atom stereocenters. The van der Waals surface area contributed by atoms with Crippen molar-refractivity contribution in [3.63, 3.8) is 0 Å². The molecule has 0 spiro atoms. The number of nitrogens with one attached hydrogen (secondary N) is 1. The topological polar surface area (TPSA) is 25.2 Å². The van der Waals surface area contributed by atoms with Gasteiger partial charge in [-0.1, -0.05) is 27.7 Å². The van der Waals surface area contributed by atoms with Gasteiger partial charge in [0.05, 0.1) is 0 Å². The summed E-state index contributed by atoms with van der Waals surface area (Å²) in [5.74, 6) is 2.19. The molecule has 2 heteroatoms. The van der Waals surface area contributed by atoms with E-state index in [1.165, 1.54) is 0 Å². The van der Waals surface area contributed by atoms with Crippen LogP contribution in [0.3, 0.4) is 0 Å². The number of rotatable bonds is 6. The van der Waals surface area contributed by atoms with E-state index in [0.717, 1.165) is 37.5 Å². The molecule has 0 amide bonds. The maximum absolute atomic E-state index is 5.80. The lowest BCUT2D eigenvalue weighted by Crippen LogP contribution is -2.24. The molecule has 1 rings (SSSR count). The van der Waals surface area contributed by atoms with E-state index in [-0.39, 0.29) is 5.41 Å². The van der Waals surface area contributed by atoms with Crippen LogP contribution in [0.2, 0.25) is 0 Å². The Kier molecular flexibility index (Phi) is 4.40. The normalized spacial score (nSPS) is 12.0. The molecule has 0 unspecified atom stereocenters. The maximum Gasteiger partial charge on any atom is 0.109 e. The number of aryl methyl sites for hydroxylation is 1. The van der Waals surface area contributed by atoms with E-state index in [0.29, 0.717) is 0 Å². The van der Waals surface area contributed by atoms with Gasteiger partial charge in [-0.2, -0.15) is 0 Å². The fourth-order valence-electron chi connectivity index (χ4n) is 1.63. The zero-order valence-corrected chi connectivity index (χ0v) is 10.4. The molecule has 0 saturated carbocycles. The second-order valence-electron chi connectivity index (χ2n) is 4.61. The molecule has 0 aromatic carbocycles. The molecule has 1 N–H and O–H groups in total. The van der Waals surface area contributed by atoms with Crippen LogP contribution in [0.15, 0.2) is 16.5 Å². The summed E-state index contributed by atoms with van der Waals surface area (Å²) in [5, 5.41) is 3.35. The van der Waals surface area contributed by atoms with Crippen molar-refractivity contribution in [2.45, 2.75) is 46.0 Å². The Morgan fingerprint density at radius 3 is 2.53 bits per heavy atom. The molecular weight excluding hydrogens is 186 g/mol. The summed E-state index contributed by atoms with van der Waals surface area (Å²) in [5.41, 5.74) is 0.135. The van der Waals surface area contributed by atoms with Crippen molar-refractivity contribution in [3.8, 4) is 0 Å². The smallest absolute Gasteiger partial charge is 0.109 e. The molecule has 0 fully saturated rings. The maximum atomic E-state index is 5.80. The summed E-state index contributed by atoms with van der Waals surface area (Å²) in [6.07, 6.45) is 2.08.